The van der Waals surface area contributed by atoms with Gasteiger partial charge in [0.2, 0.25) is 0 Å². The van der Waals surface area contributed by atoms with Crippen molar-refractivity contribution in [1.29, 1.82) is 0 Å². The van der Waals surface area contributed by atoms with E-state index in [9.17, 15) is 9.50 Å². The smallest absolute Gasteiger partial charge is 0.146 e. The van der Waals surface area contributed by atoms with Gasteiger partial charge in [-0.15, -0.1) is 0 Å². The highest BCUT2D eigenvalue weighted by Crippen LogP contribution is 2.24. The average Bonchev–Trinajstić information content (AvgIpc) is 2.30. The van der Waals surface area contributed by atoms with E-state index in [1.807, 2.05) is 4.90 Å². The molecular formula is C12H17FN2O. The minimum atomic E-state index is -0.553. The van der Waals surface area contributed by atoms with Crippen molar-refractivity contribution in [1.82, 2.24) is 5.32 Å². The lowest BCUT2D eigenvalue weighted by Gasteiger charge is -2.30. The molecule has 1 atom stereocenters. The molecule has 0 amide bonds. The summed E-state index contributed by atoms with van der Waals surface area (Å²) in [5.74, 6) is -0.216. The first-order valence-corrected chi connectivity index (χ1v) is 5.61. The van der Waals surface area contributed by atoms with Gasteiger partial charge in [-0.1, -0.05) is 6.07 Å². The number of rotatable bonds is 2. The van der Waals surface area contributed by atoms with E-state index in [4.69, 9.17) is 0 Å². The number of benzene rings is 1. The molecule has 1 saturated heterocycles. The van der Waals surface area contributed by atoms with E-state index in [0.717, 1.165) is 31.7 Å². The molecular weight excluding hydrogens is 207 g/mol. The quantitative estimate of drug-likeness (QED) is 0.794. The van der Waals surface area contributed by atoms with E-state index in [-0.39, 0.29) is 5.82 Å². The number of anilines is 1. The molecule has 0 radical (unpaired) electrons. The zero-order valence-electron chi connectivity index (χ0n) is 9.41. The van der Waals surface area contributed by atoms with E-state index >= 15 is 0 Å². The van der Waals surface area contributed by atoms with E-state index in [0.29, 0.717) is 5.69 Å². The van der Waals surface area contributed by atoms with Crippen LogP contribution >= 0.6 is 0 Å². The number of halogens is 1. The van der Waals surface area contributed by atoms with E-state index < -0.39 is 6.10 Å². The topological polar surface area (TPSA) is 35.5 Å². The maximum Gasteiger partial charge on any atom is 0.146 e. The van der Waals surface area contributed by atoms with E-state index in [2.05, 4.69) is 5.32 Å². The second-order valence-corrected chi connectivity index (χ2v) is 4.12. The highest BCUT2D eigenvalue weighted by Gasteiger charge is 2.15. The normalized spacial score (nSPS) is 18.6. The van der Waals surface area contributed by atoms with Gasteiger partial charge in [-0.2, -0.15) is 0 Å². The summed E-state index contributed by atoms with van der Waals surface area (Å²) >= 11 is 0. The van der Waals surface area contributed by atoms with Crippen LogP contribution in [0.1, 0.15) is 18.6 Å². The molecule has 1 aliphatic heterocycles. The summed E-state index contributed by atoms with van der Waals surface area (Å²) in [6.07, 6.45) is -0.553. The minimum absolute atomic E-state index is 0.216. The Balaban J connectivity index is 2.27. The van der Waals surface area contributed by atoms with Crippen LogP contribution in [0, 0.1) is 5.82 Å². The van der Waals surface area contributed by atoms with Crippen molar-refractivity contribution in [2.75, 3.05) is 31.1 Å². The first-order chi connectivity index (χ1) is 7.68. The van der Waals surface area contributed by atoms with Gasteiger partial charge in [-0.25, -0.2) is 4.39 Å². The predicted molar refractivity (Wildman–Crippen MR) is 62.1 cm³/mol. The SMILES string of the molecule is C[C@H](O)c1ccc(F)c(N2CCNCC2)c1. The first kappa shape index (κ1) is 11.4. The molecule has 1 aromatic carbocycles. The average molecular weight is 224 g/mol. The lowest BCUT2D eigenvalue weighted by Crippen LogP contribution is -2.43. The zero-order valence-corrected chi connectivity index (χ0v) is 9.41. The standard InChI is InChI=1S/C12H17FN2O/c1-9(16)10-2-3-11(13)12(8-10)15-6-4-14-5-7-15/h2-3,8-9,14,16H,4-7H2,1H3/t9-/m0/s1. The Morgan fingerprint density at radius 3 is 2.69 bits per heavy atom. The number of hydrogen-bond acceptors (Lipinski definition) is 3. The van der Waals surface area contributed by atoms with Crippen molar-refractivity contribution >= 4 is 5.69 Å². The van der Waals surface area contributed by atoms with Gasteiger partial charge in [-0.3, -0.25) is 0 Å². The molecule has 0 saturated carbocycles. The number of nitrogens with one attached hydrogen (secondary N) is 1. The summed E-state index contributed by atoms with van der Waals surface area (Å²) in [5.41, 5.74) is 1.36. The molecule has 0 bridgehead atoms. The van der Waals surface area contributed by atoms with Crippen molar-refractivity contribution in [3.63, 3.8) is 0 Å². The fraction of sp³-hybridized carbons (Fsp3) is 0.500. The number of aliphatic hydroxyl groups excluding tert-OH is 1. The van der Waals surface area contributed by atoms with Crippen molar-refractivity contribution in [3.8, 4) is 0 Å². The lowest BCUT2D eigenvalue weighted by molar-refractivity contribution is 0.199. The Kier molecular flexibility index (Phi) is 3.41. The van der Waals surface area contributed by atoms with Gasteiger partial charge in [0.15, 0.2) is 0 Å². The van der Waals surface area contributed by atoms with Gasteiger partial charge in [0.05, 0.1) is 11.8 Å². The maximum atomic E-state index is 13.7. The number of aliphatic hydroxyl groups is 1. The summed E-state index contributed by atoms with van der Waals surface area (Å²) in [5, 5.41) is 12.7. The summed E-state index contributed by atoms with van der Waals surface area (Å²) < 4.78 is 13.7. The Morgan fingerprint density at radius 2 is 2.06 bits per heavy atom. The highest BCUT2D eigenvalue weighted by atomic mass is 19.1. The van der Waals surface area contributed by atoms with Gasteiger partial charge >= 0.3 is 0 Å². The summed E-state index contributed by atoms with van der Waals surface area (Å²) in [4.78, 5) is 2.01. The molecule has 3 nitrogen and oxygen atoms in total. The predicted octanol–water partition coefficient (Wildman–Crippen LogP) is 1.29. The summed E-state index contributed by atoms with van der Waals surface area (Å²) in [7, 11) is 0. The molecule has 1 aliphatic rings. The van der Waals surface area contributed by atoms with Crippen LogP contribution in [0.15, 0.2) is 18.2 Å². The largest absolute Gasteiger partial charge is 0.389 e. The van der Waals surface area contributed by atoms with Crippen LogP contribution in [0.3, 0.4) is 0 Å². The molecule has 0 spiro atoms. The summed E-state index contributed by atoms with van der Waals surface area (Å²) in [6, 6.07) is 4.80. The maximum absolute atomic E-state index is 13.7. The molecule has 4 heteroatoms. The van der Waals surface area contributed by atoms with Crippen LogP contribution in [-0.2, 0) is 0 Å². The third kappa shape index (κ3) is 2.33. The Morgan fingerprint density at radius 1 is 1.38 bits per heavy atom. The first-order valence-electron chi connectivity index (χ1n) is 5.61. The molecule has 1 aromatic rings. The number of nitrogens with zero attached hydrogens (tertiary/aromatic N) is 1. The van der Waals surface area contributed by atoms with Crippen molar-refractivity contribution < 1.29 is 9.50 Å². The van der Waals surface area contributed by atoms with Crippen LogP contribution in [0.2, 0.25) is 0 Å². The third-order valence-electron chi connectivity index (χ3n) is 2.91. The molecule has 0 unspecified atom stereocenters. The van der Waals surface area contributed by atoms with Crippen LogP contribution in [0.25, 0.3) is 0 Å². The van der Waals surface area contributed by atoms with Crippen LogP contribution in [-0.4, -0.2) is 31.3 Å². The molecule has 0 aliphatic carbocycles. The molecule has 0 aromatic heterocycles. The van der Waals surface area contributed by atoms with E-state index in [1.54, 1.807) is 19.1 Å². The number of hydrogen-bond donors (Lipinski definition) is 2. The number of piperazine rings is 1. The third-order valence-corrected chi connectivity index (χ3v) is 2.91. The van der Waals surface area contributed by atoms with Gasteiger partial charge in [0.1, 0.15) is 5.82 Å². The molecule has 2 N–H and O–H groups in total. The van der Waals surface area contributed by atoms with Crippen molar-refractivity contribution in [2.24, 2.45) is 0 Å². The molecule has 16 heavy (non-hydrogen) atoms. The van der Waals surface area contributed by atoms with Crippen LogP contribution < -0.4 is 10.2 Å². The van der Waals surface area contributed by atoms with Crippen LogP contribution in [0.4, 0.5) is 10.1 Å². The second-order valence-electron chi connectivity index (χ2n) is 4.12. The summed E-state index contributed by atoms with van der Waals surface area (Å²) in [6.45, 7) is 5.05. The van der Waals surface area contributed by atoms with Crippen molar-refractivity contribution in [3.05, 3.63) is 29.6 Å². The second kappa shape index (κ2) is 4.80. The van der Waals surface area contributed by atoms with Crippen molar-refractivity contribution in [2.45, 2.75) is 13.0 Å². The van der Waals surface area contributed by atoms with Gasteiger partial charge in [-0.05, 0) is 24.6 Å². The minimum Gasteiger partial charge on any atom is -0.389 e. The monoisotopic (exact) mass is 224 g/mol. The van der Waals surface area contributed by atoms with Gasteiger partial charge < -0.3 is 15.3 Å². The Bertz CT molecular complexity index is 362. The fourth-order valence-corrected chi connectivity index (χ4v) is 1.94. The van der Waals surface area contributed by atoms with Crippen LogP contribution in [0.5, 0.6) is 0 Å². The zero-order chi connectivity index (χ0) is 11.5. The van der Waals surface area contributed by atoms with E-state index in [1.165, 1.54) is 6.07 Å². The Labute approximate surface area is 94.9 Å². The fourth-order valence-electron chi connectivity index (χ4n) is 1.94. The lowest BCUT2D eigenvalue weighted by atomic mass is 10.1. The molecule has 2 rings (SSSR count). The van der Waals surface area contributed by atoms with Gasteiger partial charge in [0, 0.05) is 26.2 Å². The molecule has 88 valence electrons. The van der Waals surface area contributed by atoms with Gasteiger partial charge in [0.25, 0.3) is 0 Å². The Hall–Kier alpha value is -1.13. The molecule has 1 fully saturated rings. The highest BCUT2D eigenvalue weighted by molar-refractivity contribution is 5.50. The molecule has 1 heterocycles.